The van der Waals surface area contributed by atoms with Crippen LogP contribution >= 0.6 is 11.8 Å². The van der Waals surface area contributed by atoms with Gasteiger partial charge in [0.2, 0.25) is 0 Å². The van der Waals surface area contributed by atoms with Crippen LogP contribution in [0.2, 0.25) is 0 Å². The van der Waals surface area contributed by atoms with Crippen molar-refractivity contribution in [3.8, 4) is 0 Å². The molecular formula is C13H14FNOS. The van der Waals surface area contributed by atoms with Crippen LogP contribution in [0, 0.1) is 5.82 Å². The van der Waals surface area contributed by atoms with E-state index in [0.29, 0.717) is 6.54 Å². The van der Waals surface area contributed by atoms with Crippen molar-refractivity contribution in [1.29, 1.82) is 0 Å². The zero-order chi connectivity index (χ0) is 12.1. The monoisotopic (exact) mass is 251 g/mol. The van der Waals surface area contributed by atoms with E-state index in [-0.39, 0.29) is 11.1 Å². The van der Waals surface area contributed by atoms with Gasteiger partial charge in [0.25, 0.3) is 0 Å². The zero-order valence-electron chi connectivity index (χ0n) is 9.30. The van der Waals surface area contributed by atoms with Crippen LogP contribution in [0.15, 0.2) is 47.1 Å². The summed E-state index contributed by atoms with van der Waals surface area (Å²) in [4.78, 5) is 0. The Morgan fingerprint density at radius 3 is 2.82 bits per heavy atom. The Morgan fingerprint density at radius 2 is 2.18 bits per heavy atom. The standard InChI is InChI=1S/C13H14FNOS/c14-11-4-1-3-10(7-11)13(8-15)17-9-12-5-2-6-16-12/h1-7,13H,8-9,15H2. The minimum Gasteiger partial charge on any atom is -0.468 e. The molecule has 0 spiro atoms. The summed E-state index contributed by atoms with van der Waals surface area (Å²) in [7, 11) is 0. The fraction of sp³-hybridized carbons (Fsp3) is 0.231. The Morgan fingerprint density at radius 1 is 1.29 bits per heavy atom. The molecule has 1 heterocycles. The van der Waals surface area contributed by atoms with Gasteiger partial charge in [-0.05, 0) is 29.8 Å². The fourth-order valence-electron chi connectivity index (χ4n) is 1.58. The predicted molar refractivity (Wildman–Crippen MR) is 68.2 cm³/mol. The molecule has 0 bridgehead atoms. The average molecular weight is 251 g/mol. The first-order valence-electron chi connectivity index (χ1n) is 5.39. The van der Waals surface area contributed by atoms with E-state index < -0.39 is 0 Å². The van der Waals surface area contributed by atoms with Crippen molar-refractivity contribution < 1.29 is 8.81 Å². The molecule has 0 saturated carbocycles. The molecule has 0 saturated heterocycles. The lowest BCUT2D eigenvalue weighted by atomic mass is 10.1. The van der Waals surface area contributed by atoms with Crippen LogP contribution in [0.1, 0.15) is 16.6 Å². The molecule has 4 heteroatoms. The van der Waals surface area contributed by atoms with Crippen molar-refractivity contribution in [3.63, 3.8) is 0 Å². The van der Waals surface area contributed by atoms with Crippen LogP contribution in [0.4, 0.5) is 4.39 Å². The summed E-state index contributed by atoms with van der Waals surface area (Å²) in [5, 5.41) is 0.0933. The Kier molecular flexibility index (Phi) is 4.23. The van der Waals surface area contributed by atoms with Gasteiger partial charge < -0.3 is 10.2 Å². The molecule has 0 aliphatic heterocycles. The smallest absolute Gasteiger partial charge is 0.123 e. The molecule has 2 nitrogen and oxygen atoms in total. The van der Waals surface area contributed by atoms with E-state index in [1.165, 1.54) is 12.1 Å². The molecule has 0 fully saturated rings. The number of benzene rings is 1. The number of furan rings is 1. The molecule has 90 valence electrons. The summed E-state index contributed by atoms with van der Waals surface area (Å²) in [5.41, 5.74) is 6.64. The van der Waals surface area contributed by atoms with Crippen molar-refractivity contribution in [2.45, 2.75) is 11.0 Å². The van der Waals surface area contributed by atoms with E-state index in [2.05, 4.69) is 0 Å². The largest absolute Gasteiger partial charge is 0.468 e. The summed E-state index contributed by atoms with van der Waals surface area (Å²) >= 11 is 1.66. The summed E-state index contributed by atoms with van der Waals surface area (Å²) in [6.45, 7) is 0.481. The quantitative estimate of drug-likeness (QED) is 0.885. The lowest BCUT2D eigenvalue weighted by Crippen LogP contribution is -2.09. The van der Waals surface area contributed by atoms with Crippen LogP contribution < -0.4 is 5.73 Å². The minimum atomic E-state index is -0.223. The molecule has 2 N–H and O–H groups in total. The van der Waals surface area contributed by atoms with Gasteiger partial charge in [-0.25, -0.2) is 4.39 Å². The number of halogens is 1. The molecule has 1 unspecified atom stereocenters. The van der Waals surface area contributed by atoms with E-state index in [9.17, 15) is 4.39 Å². The Hall–Kier alpha value is -1.26. The molecule has 1 atom stereocenters. The molecular weight excluding hydrogens is 237 g/mol. The third-order valence-corrected chi connectivity index (χ3v) is 3.76. The number of thioether (sulfide) groups is 1. The Balaban J connectivity index is 2.01. The molecule has 0 aliphatic rings. The zero-order valence-corrected chi connectivity index (χ0v) is 10.1. The van der Waals surface area contributed by atoms with Gasteiger partial charge in [0, 0.05) is 11.8 Å². The van der Waals surface area contributed by atoms with Crippen molar-refractivity contribution in [1.82, 2.24) is 0 Å². The van der Waals surface area contributed by atoms with Gasteiger partial charge in [0.05, 0.1) is 12.0 Å². The molecule has 1 aromatic carbocycles. The highest BCUT2D eigenvalue weighted by atomic mass is 32.2. The van der Waals surface area contributed by atoms with Crippen LogP contribution in [0.5, 0.6) is 0 Å². The highest BCUT2D eigenvalue weighted by Crippen LogP contribution is 2.30. The summed E-state index contributed by atoms with van der Waals surface area (Å²) in [5.74, 6) is 1.43. The number of hydrogen-bond acceptors (Lipinski definition) is 3. The van der Waals surface area contributed by atoms with Gasteiger partial charge in [-0.3, -0.25) is 0 Å². The van der Waals surface area contributed by atoms with E-state index in [1.54, 1.807) is 24.1 Å². The SMILES string of the molecule is NCC(SCc1ccco1)c1cccc(F)c1. The first-order valence-corrected chi connectivity index (χ1v) is 6.44. The Labute approximate surface area is 104 Å². The predicted octanol–water partition coefficient (Wildman–Crippen LogP) is 3.35. The van der Waals surface area contributed by atoms with Gasteiger partial charge in [0.15, 0.2) is 0 Å². The maximum Gasteiger partial charge on any atom is 0.123 e. The fourth-order valence-corrected chi connectivity index (χ4v) is 2.59. The second-order valence-corrected chi connectivity index (χ2v) is 4.86. The first-order chi connectivity index (χ1) is 8.29. The Bertz CT molecular complexity index is 458. The van der Waals surface area contributed by atoms with Crippen molar-refractivity contribution in [2.75, 3.05) is 6.54 Å². The number of hydrogen-bond donors (Lipinski definition) is 1. The van der Waals surface area contributed by atoms with Crippen molar-refractivity contribution >= 4 is 11.8 Å². The maximum atomic E-state index is 13.1. The topological polar surface area (TPSA) is 39.2 Å². The number of rotatable bonds is 5. The number of nitrogens with two attached hydrogens (primary N) is 1. The van der Waals surface area contributed by atoms with Crippen molar-refractivity contribution in [2.24, 2.45) is 5.73 Å². The summed E-state index contributed by atoms with van der Waals surface area (Å²) in [6.07, 6.45) is 1.65. The first kappa shape index (κ1) is 12.2. The van der Waals surface area contributed by atoms with Gasteiger partial charge in [0.1, 0.15) is 11.6 Å². The van der Waals surface area contributed by atoms with E-state index in [0.717, 1.165) is 17.1 Å². The molecule has 0 aliphatic carbocycles. The third-order valence-electron chi connectivity index (χ3n) is 2.44. The van der Waals surface area contributed by atoms with Gasteiger partial charge in [-0.2, -0.15) is 0 Å². The van der Waals surface area contributed by atoms with E-state index in [1.807, 2.05) is 18.2 Å². The lowest BCUT2D eigenvalue weighted by Gasteiger charge is -2.14. The second-order valence-electron chi connectivity index (χ2n) is 3.67. The summed E-state index contributed by atoms with van der Waals surface area (Å²) in [6, 6.07) is 10.4. The van der Waals surface area contributed by atoms with Gasteiger partial charge >= 0.3 is 0 Å². The molecule has 2 aromatic rings. The maximum absolute atomic E-state index is 13.1. The molecule has 0 radical (unpaired) electrons. The van der Waals surface area contributed by atoms with Crippen molar-refractivity contribution in [3.05, 3.63) is 59.8 Å². The van der Waals surface area contributed by atoms with Crippen LogP contribution in [0.25, 0.3) is 0 Å². The molecule has 1 aromatic heterocycles. The molecule has 17 heavy (non-hydrogen) atoms. The van der Waals surface area contributed by atoms with E-state index >= 15 is 0 Å². The second kappa shape index (κ2) is 5.89. The highest BCUT2D eigenvalue weighted by molar-refractivity contribution is 7.98. The summed E-state index contributed by atoms with van der Waals surface area (Å²) < 4.78 is 18.4. The van der Waals surface area contributed by atoms with Crippen LogP contribution in [-0.4, -0.2) is 6.54 Å². The van der Waals surface area contributed by atoms with Gasteiger partial charge in [-0.1, -0.05) is 12.1 Å². The highest BCUT2D eigenvalue weighted by Gasteiger charge is 2.11. The van der Waals surface area contributed by atoms with Gasteiger partial charge in [-0.15, -0.1) is 11.8 Å². The van der Waals surface area contributed by atoms with E-state index in [4.69, 9.17) is 10.2 Å². The minimum absolute atomic E-state index is 0.0933. The molecule has 2 rings (SSSR count). The third kappa shape index (κ3) is 3.35. The lowest BCUT2D eigenvalue weighted by molar-refractivity contribution is 0.530. The molecule has 0 amide bonds. The van der Waals surface area contributed by atoms with Crippen LogP contribution in [-0.2, 0) is 5.75 Å². The van der Waals surface area contributed by atoms with Crippen LogP contribution in [0.3, 0.4) is 0 Å². The normalized spacial score (nSPS) is 12.6. The average Bonchev–Trinajstić information content (AvgIpc) is 2.83.